The van der Waals surface area contributed by atoms with Crippen molar-refractivity contribution in [3.05, 3.63) is 47.5 Å². The van der Waals surface area contributed by atoms with Crippen molar-refractivity contribution in [3.8, 4) is 11.5 Å². The van der Waals surface area contributed by atoms with E-state index in [1.54, 1.807) is 12.1 Å². The van der Waals surface area contributed by atoms with Crippen molar-refractivity contribution < 1.29 is 19.1 Å². The quantitative estimate of drug-likeness (QED) is 0.699. The molecule has 0 aliphatic carbocycles. The van der Waals surface area contributed by atoms with Gasteiger partial charge in [0.1, 0.15) is 11.5 Å². The third-order valence-corrected chi connectivity index (χ3v) is 5.41. The molecule has 1 heterocycles. The Morgan fingerprint density at radius 2 is 1.70 bits per heavy atom. The topological polar surface area (TPSA) is 79.9 Å². The highest BCUT2D eigenvalue weighted by Gasteiger charge is 2.26. The Bertz CT molecular complexity index is 883. The summed E-state index contributed by atoms with van der Waals surface area (Å²) in [4.78, 5) is 27.0. The van der Waals surface area contributed by atoms with E-state index in [2.05, 4.69) is 10.6 Å². The number of para-hydroxylation sites is 1. The van der Waals surface area contributed by atoms with Crippen molar-refractivity contribution in [2.24, 2.45) is 5.92 Å². The Morgan fingerprint density at radius 1 is 1.03 bits per heavy atom. The van der Waals surface area contributed by atoms with Crippen LogP contribution in [0.15, 0.2) is 42.5 Å². The summed E-state index contributed by atoms with van der Waals surface area (Å²) in [7, 11) is 3.03. The molecular weight excluding hydrogens is 406 g/mol. The summed E-state index contributed by atoms with van der Waals surface area (Å²) in [6, 6.07) is 12.7. The number of likely N-dealkylation sites (tertiary alicyclic amines) is 1. The second-order valence-electron chi connectivity index (χ2n) is 7.14. The van der Waals surface area contributed by atoms with Gasteiger partial charge >= 0.3 is 0 Å². The highest BCUT2D eigenvalue weighted by atomic mass is 35.5. The zero-order valence-corrected chi connectivity index (χ0v) is 17.9. The molecular formula is C22H26ClN3O4. The molecule has 3 rings (SSSR count). The monoisotopic (exact) mass is 431 g/mol. The zero-order valence-electron chi connectivity index (χ0n) is 17.1. The van der Waals surface area contributed by atoms with Crippen molar-refractivity contribution in [2.45, 2.75) is 12.8 Å². The Kier molecular flexibility index (Phi) is 7.54. The van der Waals surface area contributed by atoms with Crippen LogP contribution in [-0.2, 0) is 9.59 Å². The lowest BCUT2D eigenvalue weighted by atomic mass is 9.96. The molecule has 2 aromatic rings. The maximum atomic E-state index is 12.5. The van der Waals surface area contributed by atoms with E-state index >= 15 is 0 Å². The van der Waals surface area contributed by atoms with Gasteiger partial charge in [0.05, 0.1) is 31.5 Å². The van der Waals surface area contributed by atoms with Gasteiger partial charge in [0, 0.05) is 17.7 Å². The van der Waals surface area contributed by atoms with Crippen molar-refractivity contribution in [1.82, 2.24) is 4.90 Å². The summed E-state index contributed by atoms with van der Waals surface area (Å²) in [6.07, 6.45) is 1.42. The van der Waals surface area contributed by atoms with Crippen LogP contribution in [-0.4, -0.2) is 50.6 Å². The Labute approximate surface area is 181 Å². The minimum absolute atomic E-state index is 0.0305. The number of nitrogens with zero attached hydrogens (tertiary/aromatic N) is 1. The van der Waals surface area contributed by atoms with Crippen molar-refractivity contribution >= 4 is 34.8 Å². The van der Waals surface area contributed by atoms with E-state index in [0.29, 0.717) is 48.1 Å². The van der Waals surface area contributed by atoms with E-state index in [0.717, 1.165) is 5.69 Å². The first-order valence-electron chi connectivity index (χ1n) is 9.79. The first-order valence-corrected chi connectivity index (χ1v) is 10.2. The molecule has 1 fully saturated rings. The average molecular weight is 432 g/mol. The van der Waals surface area contributed by atoms with Crippen LogP contribution in [0.2, 0.25) is 5.02 Å². The smallest absolute Gasteiger partial charge is 0.238 e. The van der Waals surface area contributed by atoms with Crippen molar-refractivity contribution in [3.63, 3.8) is 0 Å². The molecule has 2 N–H and O–H groups in total. The van der Waals surface area contributed by atoms with E-state index in [1.807, 2.05) is 35.2 Å². The molecule has 8 heteroatoms. The van der Waals surface area contributed by atoms with Crippen LogP contribution >= 0.6 is 11.6 Å². The molecule has 0 spiro atoms. The maximum absolute atomic E-state index is 12.5. The summed E-state index contributed by atoms with van der Waals surface area (Å²) in [5, 5.41) is 6.18. The molecule has 0 radical (unpaired) electrons. The number of carbonyl (C=O) groups excluding carboxylic acids is 2. The third-order valence-electron chi connectivity index (χ3n) is 5.11. The van der Waals surface area contributed by atoms with Crippen LogP contribution in [0.3, 0.4) is 0 Å². The molecule has 0 saturated carbocycles. The number of piperidine rings is 1. The Hall–Kier alpha value is -2.77. The number of methoxy groups -OCH3 is 2. The second kappa shape index (κ2) is 10.3. The number of amides is 2. The third kappa shape index (κ3) is 5.64. The van der Waals surface area contributed by atoms with Crippen LogP contribution in [0.5, 0.6) is 11.5 Å². The highest BCUT2D eigenvalue weighted by molar-refractivity contribution is 6.32. The van der Waals surface area contributed by atoms with E-state index in [4.69, 9.17) is 21.1 Å². The van der Waals surface area contributed by atoms with Gasteiger partial charge < -0.3 is 20.1 Å². The standard InChI is InChI=1S/C22H26ClN3O4/c1-29-19-13-20(30-2)18(12-17(19)23)25-21(27)14-26-10-8-15(9-11-26)22(28)24-16-6-4-3-5-7-16/h3-7,12-13,15H,8-11,14H2,1-2H3,(H,24,28)(H,25,27). The summed E-state index contributed by atoms with van der Waals surface area (Å²) in [5.74, 6) is 0.762. The van der Waals surface area contributed by atoms with Gasteiger partial charge in [-0.15, -0.1) is 0 Å². The number of nitrogens with one attached hydrogen (secondary N) is 2. The lowest BCUT2D eigenvalue weighted by Crippen LogP contribution is -2.41. The van der Waals surface area contributed by atoms with Gasteiger partial charge in [0.25, 0.3) is 0 Å². The van der Waals surface area contributed by atoms with Gasteiger partial charge in [0.15, 0.2) is 0 Å². The summed E-state index contributed by atoms with van der Waals surface area (Å²) in [5.41, 5.74) is 1.29. The number of anilines is 2. The number of hydrogen-bond donors (Lipinski definition) is 2. The lowest BCUT2D eigenvalue weighted by Gasteiger charge is -2.30. The molecule has 0 aromatic heterocycles. The van der Waals surface area contributed by atoms with Gasteiger partial charge in [-0.2, -0.15) is 0 Å². The minimum atomic E-state index is -0.165. The van der Waals surface area contributed by atoms with E-state index < -0.39 is 0 Å². The zero-order chi connectivity index (χ0) is 21.5. The maximum Gasteiger partial charge on any atom is 0.238 e. The summed E-state index contributed by atoms with van der Waals surface area (Å²) < 4.78 is 10.5. The predicted molar refractivity (Wildman–Crippen MR) is 117 cm³/mol. The molecule has 1 aliphatic heterocycles. The number of ether oxygens (including phenoxy) is 2. The van der Waals surface area contributed by atoms with Crippen molar-refractivity contribution in [1.29, 1.82) is 0 Å². The van der Waals surface area contributed by atoms with Crippen LogP contribution in [0.1, 0.15) is 12.8 Å². The lowest BCUT2D eigenvalue weighted by molar-refractivity contribution is -0.121. The molecule has 0 bridgehead atoms. The van der Waals surface area contributed by atoms with Crippen LogP contribution in [0.25, 0.3) is 0 Å². The Morgan fingerprint density at radius 3 is 2.33 bits per heavy atom. The van der Waals surface area contributed by atoms with Crippen LogP contribution in [0, 0.1) is 5.92 Å². The fourth-order valence-corrected chi connectivity index (χ4v) is 3.71. The summed E-state index contributed by atoms with van der Waals surface area (Å²) in [6.45, 7) is 1.60. The molecule has 1 aliphatic rings. The van der Waals surface area contributed by atoms with Crippen molar-refractivity contribution in [2.75, 3.05) is 44.5 Å². The molecule has 30 heavy (non-hydrogen) atoms. The van der Waals surface area contributed by atoms with E-state index in [1.165, 1.54) is 14.2 Å². The molecule has 1 saturated heterocycles. The van der Waals surface area contributed by atoms with Gasteiger partial charge in [-0.25, -0.2) is 0 Å². The fourth-order valence-electron chi connectivity index (χ4n) is 3.47. The summed E-state index contributed by atoms with van der Waals surface area (Å²) >= 11 is 6.16. The first kappa shape index (κ1) is 21.9. The Balaban J connectivity index is 1.50. The normalized spacial score (nSPS) is 14.8. The number of halogens is 1. The minimum Gasteiger partial charge on any atom is -0.495 e. The van der Waals surface area contributed by atoms with Crippen LogP contribution < -0.4 is 20.1 Å². The molecule has 0 atom stereocenters. The molecule has 2 amide bonds. The fraction of sp³-hybridized carbons (Fsp3) is 0.364. The second-order valence-corrected chi connectivity index (χ2v) is 7.55. The van der Waals surface area contributed by atoms with Crippen LogP contribution in [0.4, 0.5) is 11.4 Å². The number of rotatable bonds is 7. The number of benzene rings is 2. The average Bonchev–Trinajstić information content (AvgIpc) is 2.75. The SMILES string of the molecule is COc1cc(OC)c(NC(=O)CN2CCC(C(=O)Nc3ccccc3)CC2)cc1Cl. The van der Waals surface area contributed by atoms with Gasteiger partial charge in [-0.1, -0.05) is 29.8 Å². The molecule has 7 nitrogen and oxygen atoms in total. The largest absolute Gasteiger partial charge is 0.495 e. The predicted octanol–water partition coefficient (Wildman–Crippen LogP) is 3.65. The van der Waals surface area contributed by atoms with E-state index in [9.17, 15) is 9.59 Å². The highest BCUT2D eigenvalue weighted by Crippen LogP contribution is 2.35. The van der Waals surface area contributed by atoms with Gasteiger partial charge in [-0.3, -0.25) is 14.5 Å². The molecule has 160 valence electrons. The number of hydrogen-bond acceptors (Lipinski definition) is 5. The van der Waals surface area contributed by atoms with E-state index in [-0.39, 0.29) is 24.3 Å². The van der Waals surface area contributed by atoms with Gasteiger partial charge in [-0.05, 0) is 44.1 Å². The number of carbonyl (C=O) groups is 2. The first-order chi connectivity index (χ1) is 14.5. The molecule has 0 unspecified atom stereocenters. The molecule has 2 aromatic carbocycles. The van der Waals surface area contributed by atoms with Gasteiger partial charge in [0.2, 0.25) is 11.8 Å².